The van der Waals surface area contributed by atoms with E-state index >= 15 is 0 Å². The Morgan fingerprint density at radius 2 is 1.35 bits per heavy atom. The Morgan fingerprint density at radius 1 is 0.754 bits per heavy atom. The summed E-state index contributed by atoms with van der Waals surface area (Å²) < 4.78 is 34.6. The van der Waals surface area contributed by atoms with E-state index in [1.165, 1.54) is 31.4 Å². The molecule has 2 aliphatic rings. The Morgan fingerprint density at radius 3 is 2.02 bits per heavy atom. The standard InChI is InChI=1S/C47H79O17P/c1-3-5-7-8-9-10-11-12-13-14-15-16-17-18-20-26-41(53)63-35-31-61-40(52)25-22-21-24-34(49)29-37-39(51)30-38(50)36(28-27-33(48)23-19-6-4-2)42(54)45(57)47(46(58)44(56)43(37)55)64-65(59,60)62-32-35/h9-10,12-13,15-16,27-28,33,35-39,42-48,50-51,54-58H,3-8,11,14,17-26,29-32H2,1-2H3,(H,59,60)/b10-9-,13-12-,16-15-,28-27-/t33-,35+,36-,37-,38+,39-,42+,43+,44-,45+,46+,47+/m0/s1. The summed E-state index contributed by atoms with van der Waals surface area (Å²) in [6.45, 7) is 2.64. The third kappa shape index (κ3) is 23.8. The number of carbonyl (C=O) groups excluding carboxylic acids is 3. The van der Waals surface area contributed by atoms with Crippen LogP contribution in [0, 0.1) is 11.8 Å². The Kier molecular flexibility index (Phi) is 29.7. The number of esters is 2. The summed E-state index contributed by atoms with van der Waals surface area (Å²) >= 11 is 0. The van der Waals surface area contributed by atoms with Crippen molar-refractivity contribution in [1.29, 1.82) is 0 Å². The highest BCUT2D eigenvalue weighted by Crippen LogP contribution is 2.47. The first-order valence-corrected chi connectivity index (χ1v) is 25.1. The average Bonchev–Trinajstić information content (AvgIpc) is 3.27. The number of hydrogen-bond donors (Lipinski definition) is 9. The minimum atomic E-state index is -5.51. The van der Waals surface area contributed by atoms with Gasteiger partial charge in [-0.2, -0.15) is 0 Å². The molecule has 65 heavy (non-hydrogen) atoms. The van der Waals surface area contributed by atoms with Crippen molar-refractivity contribution < 1.29 is 83.2 Å². The molecule has 0 aromatic carbocycles. The largest absolute Gasteiger partial charge is 0.472 e. The smallest absolute Gasteiger partial charge is 0.462 e. The van der Waals surface area contributed by atoms with Gasteiger partial charge in [0.05, 0.1) is 37.1 Å². The summed E-state index contributed by atoms with van der Waals surface area (Å²) in [5.41, 5.74) is 0. The van der Waals surface area contributed by atoms with Gasteiger partial charge in [-0.15, -0.1) is 0 Å². The molecule has 0 aromatic rings. The number of ether oxygens (including phenoxy) is 2. The van der Waals surface area contributed by atoms with Gasteiger partial charge in [-0.3, -0.25) is 23.4 Å². The van der Waals surface area contributed by atoms with Gasteiger partial charge in [0.25, 0.3) is 0 Å². The number of ketones is 1. The minimum absolute atomic E-state index is 0.0461. The maximum Gasteiger partial charge on any atom is 0.472 e. The van der Waals surface area contributed by atoms with Gasteiger partial charge in [0, 0.05) is 43.9 Å². The number of rotatable bonds is 20. The highest BCUT2D eigenvalue weighted by molar-refractivity contribution is 7.47. The molecular formula is C47H79O17P. The second-order valence-electron chi connectivity index (χ2n) is 17.2. The zero-order valence-electron chi connectivity index (χ0n) is 38.3. The van der Waals surface area contributed by atoms with Crippen LogP contribution in [0.15, 0.2) is 48.6 Å². The third-order valence-electron chi connectivity index (χ3n) is 11.6. The number of aliphatic hydroxyl groups is 8. The molecule has 17 nitrogen and oxygen atoms in total. The van der Waals surface area contributed by atoms with Gasteiger partial charge in [0.2, 0.25) is 0 Å². The number of carbonyl (C=O) groups is 3. The lowest BCUT2D eigenvalue weighted by Crippen LogP contribution is -2.56. The third-order valence-corrected chi connectivity index (χ3v) is 12.6. The van der Waals surface area contributed by atoms with Crippen molar-refractivity contribution in [3.8, 4) is 0 Å². The van der Waals surface area contributed by atoms with Gasteiger partial charge < -0.3 is 55.2 Å². The second-order valence-corrected chi connectivity index (χ2v) is 18.6. The number of phosphoric acid groups is 1. The van der Waals surface area contributed by atoms with Crippen LogP contribution in [0.4, 0.5) is 0 Å². The Bertz CT molecular complexity index is 1520. The molecule has 1 saturated carbocycles. The molecule has 374 valence electrons. The summed E-state index contributed by atoms with van der Waals surface area (Å²) in [4.78, 5) is 49.6. The number of phosphoric ester groups is 1. The van der Waals surface area contributed by atoms with Crippen molar-refractivity contribution in [3.63, 3.8) is 0 Å². The minimum Gasteiger partial charge on any atom is -0.462 e. The predicted molar refractivity (Wildman–Crippen MR) is 242 cm³/mol. The van der Waals surface area contributed by atoms with Gasteiger partial charge in [0.15, 0.2) is 6.10 Å². The van der Waals surface area contributed by atoms with Crippen LogP contribution in [-0.2, 0) is 37.5 Å². The molecule has 2 fully saturated rings. The molecule has 2 bridgehead atoms. The number of cyclic esters (lactones) is 1. The van der Waals surface area contributed by atoms with Crippen molar-refractivity contribution in [2.45, 2.75) is 203 Å². The first-order valence-electron chi connectivity index (χ1n) is 23.6. The summed E-state index contributed by atoms with van der Waals surface area (Å²) in [5.74, 6) is -5.09. The number of aliphatic hydroxyl groups excluding tert-OH is 8. The normalized spacial score (nSPS) is 32.7. The van der Waals surface area contributed by atoms with Crippen LogP contribution in [0.25, 0.3) is 0 Å². The summed E-state index contributed by atoms with van der Waals surface area (Å²) in [5, 5.41) is 90.0. The first-order chi connectivity index (χ1) is 31.0. The summed E-state index contributed by atoms with van der Waals surface area (Å²) in [7, 11) is -5.51. The molecule has 18 heteroatoms. The maximum absolute atomic E-state index is 13.5. The number of fused-ring (bicyclic) bond motifs is 4. The van der Waals surface area contributed by atoms with E-state index in [1.54, 1.807) is 0 Å². The van der Waals surface area contributed by atoms with Gasteiger partial charge in [-0.05, 0) is 64.2 Å². The van der Waals surface area contributed by atoms with E-state index in [2.05, 4.69) is 31.2 Å². The molecule has 2 rings (SSSR count). The lowest BCUT2D eigenvalue weighted by atomic mass is 9.82. The Balaban J connectivity index is 2.27. The topological polar surface area (TPSA) is 287 Å². The summed E-state index contributed by atoms with van der Waals surface area (Å²) in [6.07, 6.45) is 4.57. The molecule has 0 radical (unpaired) electrons. The molecule has 9 N–H and O–H groups in total. The fraction of sp³-hybridized carbons (Fsp3) is 0.766. The molecule has 0 spiro atoms. The lowest BCUT2D eigenvalue weighted by molar-refractivity contribution is -0.168. The van der Waals surface area contributed by atoms with E-state index in [0.717, 1.165) is 32.1 Å². The fourth-order valence-corrected chi connectivity index (χ4v) is 8.62. The molecule has 0 aromatic heterocycles. The zero-order chi connectivity index (χ0) is 48.2. The van der Waals surface area contributed by atoms with E-state index in [1.807, 2.05) is 19.1 Å². The highest BCUT2D eigenvalue weighted by atomic mass is 31.2. The van der Waals surface area contributed by atoms with Gasteiger partial charge in [0.1, 0.15) is 36.8 Å². The van der Waals surface area contributed by atoms with Crippen LogP contribution in [0.2, 0.25) is 0 Å². The van der Waals surface area contributed by atoms with Crippen molar-refractivity contribution in [1.82, 2.24) is 0 Å². The van der Waals surface area contributed by atoms with Gasteiger partial charge in [-0.1, -0.05) is 94.6 Å². The summed E-state index contributed by atoms with van der Waals surface area (Å²) in [6, 6.07) is 0. The first kappa shape index (κ1) is 58.5. The fourth-order valence-electron chi connectivity index (χ4n) is 7.65. The lowest BCUT2D eigenvalue weighted by Gasteiger charge is -2.37. The van der Waals surface area contributed by atoms with Crippen molar-refractivity contribution in [3.05, 3.63) is 48.6 Å². The van der Waals surface area contributed by atoms with E-state index in [4.69, 9.17) is 18.5 Å². The van der Waals surface area contributed by atoms with Crippen LogP contribution in [-0.4, -0.2) is 138 Å². The van der Waals surface area contributed by atoms with Crippen molar-refractivity contribution >= 4 is 25.5 Å². The number of hydrogen-bond acceptors (Lipinski definition) is 16. The van der Waals surface area contributed by atoms with Gasteiger partial charge in [-0.25, -0.2) is 4.57 Å². The number of Topliss-reactive ketones (excluding diaryl/α,β-unsaturated/α-hetero) is 1. The highest BCUT2D eigenvalue weighted by Gasteiger charge is 2.49. The van der Waals surface area contributed by atoms with Crippen LogP contribution in [0.1, 0.15) is 142 Å². The maximum atomic E-state index is 13.5. The average molecular weight is 947 g/mol. The Labute approximate surface area is 384 Å². The molecule has 1 heterocycles. The number of allylic oxidation sites excluding steroid dienone is 6. The molecule has 0 amide bonds. The molecule has 1 aliphatic heterocycles. The molecule has 1 saturated heterocycles. The van der Waals surface area contributed by atoms with Crippen molar-refractivity contribution in [2.24, 2.45) is 11.8 Å². The van der Waals surface area contributed by atoms with Crippen LogP contribution in [0.5, 0.6) is 0 Å². The quantitative estimate of drug-likeness (QED) is 0.0345. The van der Waals surface area contributed by atoms with Crippen LogP contribution in [0.3, 0.4) is 0 Å². The van der Waals surface area contributed by atoms with Crippen LogP contribution < -0.4 is 0 Å². The molecule has 1 unspecified atom stereocenters. The molecular weight excluding hydrogens is 867 g/mol. The van der Waals surface area contributed by atoms with E-state index in [0.29, 0.717) is 32.1 Å². The SMILES string of the molecule is CCCCC/C=C\C/C=C\C/C=C\CCCCC(=O)O[C@@H]1COC(=O)CCCCC(=O)C[C@@H]2[C@@H](O)[C@H](O)[C@@H](O)[C@H](OP(=O)(O)OC1)[C@H](O)[C@H](O)[C@@H](/C=C\[C@@H](O)CCCCC)[C@H](O)C[C@@H]2O. The Hall–Kier alpha value is -2.64. The monoisotopic (exact) mass is 947 g/mol. The van der Waals surface area contributed by atoms with Crippen LogP contribution >= 0.6 is 7.82 Å². The van der Waals surface area contributed by atoms with Gasteiger partial charge >= 0.3 is 19.8 Å². The predicted octanol–water partition coefficient (Wildman–Crippen LogP) is 4.73. The van der Waals surface area contributed by atoms with Crippen molar-refractivity contribution in [2.75, 3.05) is 13.2 Å². The molecule has 13 atom stereocenters. The van der Waals surface area contributed by atoms with E-state index in [-0.39, 0.29) is 32.1 Å². The molecule has 1 aliphatic carbocycles. The van der Waals surface area contributed by atoms with E-state index in [9.17, 15) is 64.7 Å². The number of unbranched alkanes of at least 4 members (excludes halogenated alkanes) is 7. The zero-order valence-corrected chi connectivity index (χ0v) is 39.2. The second kappa shape index (κ2) is 33.0. The van der Waals surface area contributed by atoms with E-state index < -0.39 is 124 Å².